The molecular weight excluding hydrogens is 144 g/mol. The first kappa shape index (κ1) is 7.13. The van der Waals surface area contributed by atoms with Crippen molar-refractivity contribution in [1.29, 1.82) is 0 Å². The molecule has 0 aliphatic carbocycles. The predicted molar refractivity (Wildman–Crippen MR) is 38.7 cm³/mol. The molecule has 2 aliphatic rings. The molecule has 3 heteroatoms. The molecule has 4 unspecified atom stereocenters. The second kappa shape index (κ2) is 1.99. The summed E-state index contributed by atoms with van der Waals surface area (Å²) >= 11 is 0. The van der Waals surface area contributed by atoms with Crippen LogP contribution in [0.25, 0.3) is 0 Å². The van der Waals surface area contributed by atoms with Gasteiger partial charge in [0.25, 0.3) is 0 Å². The molecule has 4 atom stereocenters. The van der Waals surface area contributed by atoms with Gasteiger partial charge in [0.1, 0.15) is 6.10 Å². The minimum Gasteiger partial charge on any atom is -0.467 e. The molecule has 0 aromatic heterocycles. The summed E-state index contributed by atoms with van der Waals surface area (Å²) in [5.41, 5.74) is 0. The largest absolute Gasteiger partial charge is 0.467 e. The number of aliphatic hydroxyl groups excluding tert-OH is 1. The van der Waals surface area contributed by atoms with Crippen LogP contribution in [-0.4, -0.2) is 23.1 Å². The lowest BCUT2D eigenvalue weighted by atomic mass is 9.85. The molecule has 0 amide bonds. The van der Waals surface area contributed by atoms with Crippen LogP contribution in [0.5, 0.6) is 0 Å². The van der Waals surface area contributed by atoms with E-state index in [0.29, 0.717) is 0 Å². The van der Waals surface area contributed by atoms with Gasteiger partial charge in [0.15, 0.2) is 0 Å². The van der Waals surface area contributed by atoms with Crippen LogP contribution in [0, 0.1) is 5.92 Å². The lowest BCUT2D eigenvalue weighted by Gasteiger charge is -2.49. The zero-order chi connectivity index (χ0) is 8.06. The smallest absolute Gasteiger partial charge is 0.244 e. The Morgan fingerprint density at radius 1 is 1.64 bits per heavy atom. The quantitative estimate of drug-likeness (QED) is 0.605. The lowest BCUT2D eigenvalue weighted by Crippen LogP contribution is -2.62. The molecule has 0 bridgehead atoms. The molecule has 11 heavy (non-hydrogen) atoms. The second-order valence-electron chi connectivity index (χ2n) is 3.19. The van der Waals surface area contributed by atoms with Crippen molar-refractivity contribution < 1.29 is 14.6 Å². The van der Waals surface area contributed by atoms with Crippen molar-refractivity contribution in [3.8, 4) is 0 Å². The first-order chi connectivity index (χ1) is 5.17. The van der Waals surface area contributed by atoms with Gasteiger partial charge < -0.3 is 14.6 Å². The first-order valence-corrected chi connectivity index (χ1v) is 3.87. The van der Waals surface area contributed by atoms with Crippen LogP contribution in [0.2, 0.25) is 0 Å². The fourth-order valence-corrected chi connectivity index (χ4v) is 1.80. The number of hydrogen-bond donors (Lipinski definition) is 1. The van der Waals surface area contributed by atoms with Gasteiger partial charge >= 0.3 is 0 Å². The van der Waals surface area contributed by atoms with Crippen molar-refractivity contribution in [2.45, 2.75) is 31.8 Å². The summed E-state index contributed by atoms with van der Waals surface area (Å²) in [4.78, 5) is 0. The summed E-state index contributed by atoms with van der Waals surface area (Å²) in [6.45, 7) is 3.66. The fourth-order valence-electron chi connectivity index (χ4n) is 1.80. The minimum atomic E-state index is -0.751. The van der Waals surface area contributed by atoms with Gasteiger partial charge in [0.2, 0.25) is 5.79 Å². The number of rotatable bonds is 1. The van der Waals surface area contributed by atoms with E-state index in [1.807, 2.05) is 13.0 Å². The molecule has 0 aromatic rings. The maximum absolute atomic E-state index is 9.36. The second-order valence-corrected chi connectivity index (χ2v) is 3.19. The summed E-state index contributed by atoms with van der Waals surface area (Å²) in [6, 6.07) is 0. The summed E-state index contributed by atoms with van der Waals surface area (Å²) in [5, 5.41) is 9.36. The van der Waals surface area contributed by atoms with Gasteiger partial charge in [-0.2, -0.15) is 0 Å². The Morgan fingerprint density at radius 3 is 2.82 bits per heavy atom. The molecule has 0 saturated carbocycles. The molecule has 1 fully saturated rings. The van der Waals surface area contributed by atoms with Gasteiger partial charge in [-0.05, 0) is 19.9 Å². The average Bonchev–Trinajstić information content (AvgIpc) is 2.26. The van der Waals surface area contributed by atoms with E-state index in [-0.39, 0.29) is 12.0 Å². The Balaban J connectivity index is 2.18. The molecule has 0 aromatic carbocycles. The van der Waals surface area contributed by atoms with E-state index in [9.17, 15) is 5.11 Å². The summed E-state index contributed by atoms with van der Waals surface area (Å²) in [5.74, 6) is -0.526. The Hall–Kier alpha value is -0.540. The number of ether oxygens (including phenoxy) is 2. The zero-order valence-electron chi connectivity index (χ0n) is 6.65. The maximum Gasteiger partial charge on any atom is 0.244 e. The molecule has 3 nitrogen and oxygen atoms in total. The maximum atomic E-state index is 9.36. The minimum absolute atomic E-state index is 0.170. The average molecular weight is 156 g/mol. The van der Waals surface area contributed by atoms with Crippen molar-refractivity contribution in [2.75, 3.05) is 0 Å². The van der Waals surface area contributed by atoms with Crippen molar-refractivity contribution in [3.05, 3.63) is 12.3 Å². The standard InChI is InChI=1S/C8H12O3/c1-5-7-3-4-10-8(7,11-5)6(2)9/h3-7,9H,1-2H3. The van der Waals surface area contributed by atoms with Gasteiger partial charge in [-0.15, -0.1) is 0 Å². The van der Waals surface area contributed by atoms with Gasteiger partial charge in [0.05, 0.1) is 18.3 Å². The van der Waals surface area contributed by atoms with Crippen LogP contribution in [0.1, 0.15) is 13.8 Å². The van der Waals surface area contributed by atoms with Crippen LogP contribution < -0.4 is 0 Å². The van der Waals surface area contributed by atoms with Crippen LogP contribution in [0.3, 0.4) is 0 Å². The Bertz CT molecular complexity index is 200. The highest BCUT2D eigenvalue weighted by molar-refractivity contribution is 5.11. The molecule has 0 spiro atoms. The fraction of sp³-hybridized carbons (Fsp3) is 0.750. The normalized spacial score (nSPS) is 49.4. The monoisotopic (exact) mass is 156 g/mol. The topological polar surface area (TPSA) is 38.7 Å². The van der Waals surface area contributed by atoms with E-state index in [1.54, 1.807) is 13.2 Å². The van der Waals surface area contributed by atoms with Gasteiger partial charge in [0, 0.05) is 0 Å². The van der Waals surface area contributed by atoms with Crippen molar-refractivity contribution >= 4 is 0 Å². The third kappa shape index (κ3) is 0.698. The van der Waals surface area contributed by atoms with Crippen LogP contribution in [0.4, 0.5) is 0 Å². The predicted octanol–water partition coefficient (Wildman–Crippen LogP) is 0.642. The highest BCUT2D eigenvalue weighted by atomic mass is 16.7. The van der Waals surface area contributed by atoms with Crippen molar-refractivity contribution in [1.82, 2.24) is 0 Å². The molecule has 1 N–H and O–H groups in total. The van der Waals surface area contributed by atoms with E-state index in [1.165, 1.54) is 0 Å². The van der Waals surface area contributed by atoms with E-state index >= 15 is 0 Å². The molecule has 62 valence electrons. The molecule has 2 aliphatic heterocycles. The van der Waals surface area contributed by atoms with Gasteiger partial charge in [-0.3, -0.25) is 0 Å². The van der Waals surface area contributed by atoms with Crippen molar-refractivity contribution in [2.24, 2.45) is 5.92 Å². The summed E-state index contributed by atoms with van der Waals surface area (Å²) < 4.78 is 10.6. The Morgan fingerprint density at radius 2 is 2.36 bits per heavy atom. The van der Waals surface area contributed by atoms with E-state index < -0.39 is 11.9 Å². The first-order valence-electron chi connectivity index (χ1n) is 3.87. The van der Waals surface area contributed by atoms with Gasteiger partial charge in [-0.25, -0.2) is 0 Å². The molecule has 2 rings (SSSR count). The highest BCUT2D eigenvalue weighted by Crippen LogP contribution is 2.47. The SMILES string of the molecule is CC1OC2(C(C)O)OC=CC12. The van der Waals surface area contributed by atoms with Gasteiger partial charge in [-0.1, -0.05) is 0 Å². The van der Waals surface area contributed by atoms with Crippen LogP contribution >= 0.6 is 0 Å². The Kier molecular flexibility index (Phi) is 1.29. The summed E-state index contributed by atoms with van der Waals surface area (Å²) in [7, 11) is 0. The van der Waals surface area contributed by atoms with E-state index in [0.717, 1.165) is 0 Å². The van der Waals surface area contributed by atoms with E-state index in [2.05, 4.69) is 0 Å². The Labute approximate surface area is 65.6 Å². The number of hydrogen-bond acceptors (Lipinski definition) is 3. The van der Waals surface area contributed by atoms with Crippen LogP contribution in [-0.2, 0) is 9.47 Å². The molecular formula is C8H12O3. The molecule has 2 heterocycles. The summed E-state index contributed by atoms with van der Waals surface area (Å²) in [6.07, 6.45) is 3.16. The number of aliphatic hydroxyl groups is 1. The third-order valence-electron chi connectivity index (χ3n) is 2.46. The third-order valence-corrected chi connectivity index (χ3v) is 2.46. The molecule has 1 saturated heterocycles. The van der Waals surface area contributed by atoms with Crippen molar-refractivity contribution in [3.63, 3.8) is 0 Å². The number of fused-ring (bicyclic) bond motifs is 1. The highest BCUT2D eigenvalue weighted by Gasteiger charge is 2.60. The zero-order valence-corrected chi connectivity index (χ0v) is 6.65. The molecule has 0 radical (unpaired) electrons. The lowest BCUT2D eigenvalue weighted by molar-refractivity contribution is -0.367. The van der Waals surface area contributed by atoms with E-state index in [4.69, 9.17) is 9.47 Å². The van der Waals surface area contributed by atoms with Crippen LogP contribution in [0.15, 0.2) is 12.3 Å².